The summed E-state index contributed by atoms with van der Waals surface area (Å²) in [7, 11) is 0. The maximum absolute atomic E-state index is 11.8. The number of nitrogens with zero attached hydrogens (tertiary/aromatic N) is 3. The summed E-state index contributed by atoms with van der Waals surface area (Å²) in [6, 6.07) is 21.4. The van der Waals surface area contributed by atoms with E-state index < -0.39 is 0 Å². The van der Waals surface area contributed by atoms with E-state index in [1.165, 1.54) is 5.56 Å². The molecule has 0 aliphatic carbocycles. The van der Waals surface area contributed by atoms with Gasteiger partial charge in [-0.25, -0.2) is 0 Å². The molecule has 0 atom stereocenters. The fourth-order valence-electron chi connectivity index (χ4n) is 3.64. The molecule has 3 rings (SSSR count). The Kier molecular flexibility index (Phi) is 16.6. The zero-order valence-corrected chi connectivity index (χ0v) is 24.8. The first-order valence-corrected chi connectivity index (χ1v) is 13.8. The molecule has 0 bridgehead atoms. The van der Waals surface area contributed by atoms with Gasteiger partial charge in [0.2, 0.25) is 5.91 Å². The lowest BCUT2D eigenvalue weighted by Gasteiger charge is -2.24. The normalized spacial score (nSPS) is 11.0. The number of aromatic nitrogens is 1. The van der Waals surface area contributed by atoms with Crippen LogP contribution in [0.1, 0.15) is 75.8 Å². The van der Waals surface area contributed by atoms with E-state index in [1.807, 2.05) is 91.7 Å². The molecule has 0 saturated carbocycles. The molecule has 1 amide bonds. The van der Waals surface area contributed by atoms with Crippen LogP contribution in [-0.2, 0) is 17.8 Å². The van der Waals surface area contributed by atoms with E-state index in [9.17, 15) is 4.79 Å². The number of hydrazone groups is 1. The summed E-state index contributed by atoms with van der Waals surface area (Å²) in [4.78, 5) is 18.0. The van der Waals surface area contributed by atoms with Crippen molar-refractivity contribution in [2.75, 3.05) is 0 Å². The summed E-state index contributed by atoms with van der Waals surface area (Å²) < 4.78 is 0. The summed E-state index contributed by atoms with van der Waals surface area (Å²) in [5, 5.41) is 4.25. The zero-order chi connectivity index (χ0) is 29.0. The van der Waals surface area contributed by atoms with Crippen molar-refractivity contribution in [3.63, 3.8) is 0 Å². The molecule has 39 heavy (non-hydrogen) atoms. The Labute approximate surface area is 239 Å². The van der Waals surface area contributed by atoms with E-state index in [1.54, 1.807) is 6.92 Å². The van der Waals surface area contributed by atoms with E-state index in [0.717, 1.165) is 59.6 Å². The van der Waals surface area contributed by atoms with Crippen LogP contribution in [0.3, 0.4) is 0 Å². The number of allylic oxidation sites excluding steroid dienone is 2. The topological polar surface area (TPSA) is 97.6 Å². The first-order chi connectivity index (χ1) is 18.8. The van der Waals surface area contributed by atoms with Gasteiger partial charge in [-0.15, -0.1) is 0 Å². The molecule has 0 unspecified atom stereocenters. The van der Waals surface area contributed by atoms with Crippen LogP contribution in [0.2, 0.25) is 5.02 Å². The molecule has 0 saturated heterocycles. The number of carbonyl (C=O) groups excluding carboxylic acids is 1. The third kappa shape index (κ3) is 13.1. The fourth-order valence-corrected chi connectivity index (χ4v) is 3.87. The smallest absolute Gasteiger partial charge is 0.223 e. The molecule has 210 valence electrons. The van der Waals surface area contributed by atoms with Crippen LogP contribution < -0.4 is 11.6 Å². The van der Waals surface area contributed by atoms with Crippen molar-refractivity contribution < 1.29 is 4.79 Å². The van der Waals surface area contributed by atoms with Crippen LogP contribution in [0.4, 0.5) is 0 Å². The lowest BCUT2D eigenvalue weighted by molar-refractivity contribution is -0.127. The van der Waals surface area contributed by atoms with Gasteiger partial charge in [-0.2, -0.15) is 5.10 Å². The molecular formula is C32H44ClN5O. The summed E-state index contributed by atoms with van der Waals surface area (Å²) in [6.45, 7) is 10.5. The number of halogens is 1. The highest BCUT2D eigenvalue weighted by Gasteiger charge is 2.14. The van der Waals surface area contributed by atoms with Crippen LogP contribution in [-0.4, -0.2) is 21.6 Å². The monoisotopic (exact) mass is 549 g/mol. The van der Waals surface area contributed by atoms with Crippen molar-refractivity contribution in [2.24, 2.45) is 16.7 Å². The molecule has 6 nitrogen and oxygen atoms in total. The van der Waals surface area contributed by atoms with Crippen molar-refractivity contribution >= 4 is 23.3 Å². The lowest BCUT2D eigenvalue weighted by atomic mass is 10.1. The zero-order valence-electron chi connectivity index (χ0n) is 24.0. The summed E-state index contributed by atoms with van der Waals surface area (Å²) in [5.41, 5.74) is 10.7. The molecule has 1 aromatic heterocycles. The van der Waals surface area contributed by atoms with Gasteiger partial charge >= 0.3 is 0 Å². The quantitative estimate of drug-likeness (QED) is 0.126. The highest BCUT2D eigenvalue weighted by atomic mass is 35.5. The summed E-state index contributed by atoms with van der Waals surface area (Å²) in [6.07, 6.45) is 9.32. The molecule has 0 radical (unpaired) electrons. The standard InChI is InChI=1S/C16H24N2O.C9H11Cl.C7H9N3/c1-5-7-8-16(6-2)18(14(4)19)12-15-10-9-13(3)17-11-15;1-2-5-8-6-3-4-7-9(8)10;8-7(10-9)6-4-2-1-3-5-6/h6,9-11H,5,7-8,12H2,1-4H3;3-4,6-7H,2,5H2,1H3;1-5H,9H2,(H2,8,10)/b16-6-;;. The summed E-state index contributed by atoms with van der Waals surface area (Å²) in [5.74, 6) is 5.42. The van der Waals surface area contributed by atoms with Crippen LogP contribution in [0.5, 0.6) is 0 Å². The largest absolute Gasteiger partial charge is 0.382 e. The van der Waals surface area contributed by atoms with E-state index in [4.69, 9.17) is 23.2 Å². The average molecular weight is 550 g/mol. The van der Waals surface area contributed by atoms with Crippen molar-refractivity contribution in [1.82, 2.24) is 9.88 Å². The number of aryl methyl sites for hydroxylation is 2. The van der Waals surface area contributed by atoms with Gasteiger partial charge in [0.25, 0.3) is 0 Å². The molecule has 0 fully saturated rings. The number of unbranched alkanes of at least 4 members (excludes halogenated alkanes) is 1. The number of hydrogen-bond donors (Lipinski definition) is 2. The third-order valence-corrected chi connectivity index (χ3v) is 6.21. The third-order valence-electron chi connectivity index (χ3n) is 5.85. The van der Waals surface area contributed by atoms with Gasteiger partial charge in [0, 0.05) is 35.1 Å². The van der Waals surface area contributed by atoms with E-state index in [2.05, 4.69) is 30.0 Å². The van der Waals surface area contributed by atoms with Crippen LogP contribution in [0, 0.1) is 6.92 Å². The van der Waals surface area contributed by atoms with Gasteiger partial charge in [-0.1, -0.05) is 99.0 Å². The molecule has 3 aromatic rings. The van der Waals surface area contributed by atoms with Crippen LogP contribution in [0.25, 0.3) is 0 Å². The fraction of sp³-hybridized carbons (Fsp3) is 0.344. The van der Waals surface area contributed by atoms with Crippen molar-refractivity contribution in [1.29, 1.82) is 0 Å². The second-order valence-electron chi connectivity index (χ2n) is 9.02. The molecule has 0 spiro atoms. The minimum absolute atomic E-state index is 0.0878. The molecule has 4 N–H and O–H groups in total. The predicted octanol–water partition coefficient (Wildman–Crippen LogP) is 7.39. The van der Waals surface area contributed by atoms with E-state index >= 15 is 0 Å². The Morgan fingerprint density at radius 3 is 2.21 bits per heavy atom. The number of rotatable bonds is 9. The van der Waals surface area contributed by atoms with Gasteiger partial charge in [-0.05, 0) is 56.4 Å². The molecular weight excluding hydrogens is 506 g/mol. The lowest BCUT2D eigenvalue weighted by Crippen LogP contribution is -2.27. The molecule has 1 heterocycles. The molecule has 0 aliphatic rings. The number of amides is 1. The minimum atomic E-state index is 0.0878. The summed E-state index contributed by atoms with van der Waals surface area (Å²) >= 11 is 5.90. The maximum Gasteiger partial charge on any atom is 0.223 e. The Hall–Kier alpha value is -3.64. The number of pyridine rings is 1. The van der Waals surface area contributed by atoms with Crippen LogP contribution in [0.15, 0.2) is 89.8 Å². The predicted molar refractivity (Wildman–Crippen MR) is 165 cm³/mol. The van der Waals surface area contributed by atoms with Gasteiger partial charge in [0.05, 0.1) is 6.54 Å². The second-order valence-corrected chi connectivity index (χ2v) is 9.43. The minimum Gasteiger partial charge on any atom is -0.382 e. The first-order valence-electron chi connectivity index (χ1n) is 13.4. The number of amidine groups is 1. The van der Waals surface area contributed by atoms with Gasteiger partial charge in [0.15, 0.2) is 0 Å². The number of nitrogens with two attached hydrogens (primary N) is 2. The van der Waals surface area contributed by atoms with E-state index in [-0.39, 0.29) is 5.91 Å². The van der Waals surface area contributed by atoms with Crippen molar-refractivity contribution in [2.45, 2.75) is 73.3 Å². The Morgan fingerprint density at radius 1 is 1.03 bits per heavy atom. The molecule has 0 aliphatic heterocycles. The Bertz CT molecular complexity index is 1160. The van der Waals surface area contributed by atoms with Gasteiger partial charge in [0.1, 0.15) is 5.84 Å². The first kappa shape index (κ1) is 33.4. The Balaban J connectivity index is 0.000000320. The van der Waals surface area contributed by atoms with Gasteiger partial charge < -0.3 is 16.5 Å². The molecule has 7 heteroatoms. The average Bonchev–Trinajstić information content (AvgIpc) is 2.95. The Morgan fingerprint density at radius 2 is 1.69 bits per heavy atom. The van der Waals surface area contributed by atoms with Crippen molar-refractivity contribution in [3.8, 4) is 0 Å². The number of hydrogen-bond acceptors (Lipinski definition) is 4. The SMILES string of the molecule is C/C=C(/CCCC)N(Cc1ccc(C)nc1)C(C)=O.CCCc1ccccc1Cl.N/N=C(\N)c1ccccc1. The van der Waals surface area contributed by atoms with Crippen molar-refractivity contribution in [3.05, 3.63) is 112 Å². The number of carbonyl (C=O) groups is 1. The highest BCUT2D eigenvalue weighted by molar-refractivity contribution is 6.31. The van der Waals surface area contributed by atoms with E-state index in [0.29, 0.717) is 12.4 Å². The highest BCUT2D eigenvalue weighted by Crippen LogP contribution is 2.17. The molecule has 2 aromatic carbocycles. The maximum atomic E-state index is 11.8. The second kappa shape index (κ2) is 19.4. The number of benzene rings is 2. The van der Waals surface area contributed by atoms with Crippen LogP contribution >= 0.6 is 11.6 Å². The van der Waals surface area contributed by atoms with Gasteiger partial charge in [-0.3, -0.25) is 9.78 Å².